The van der Waals surface area contributed by atoms with Crippen LogP contribution in [0.15, 0.2) is 6.20 Å². The Labute approximate surface area is 88.4 Å². The van der Waals surface area contributed by atoms with Crippen LogP contribution in [0.1, 0.15) is 23.7 Å². The standard InChI is InChI=1S/C8H14N2O2S2/c1-6(2)14(11,12)10-5-8-4-9-7(3)13-8/h4,6,10H,5H2,1-3H3. The Morgan fingerprint density at radius 2 is 2.21 bits per heavy atom. The first kappa shape index (κ1) is 11.6. The van der Waals surface area contributed by atoms with Crippen molar-refractivity contribution in [2.45, 2.75) is 32.6 Å². The van der Waals surface area contributed by atoms with Crippen LogP contribution in [0.4, 0.5) is 0 Å². The lowest BCUT2D eigenvalue weighted by molar-refractivity contribution is 0.572. The van der Waals surface area contributed by atoms with Gasteiger partial charge in [-0.25, -0.2) is 18.1 Å². The van der Waals surface area contributed by atoms with E-state index in [4.69, 9.17) is 0 Å². The van der Waals surface area contributed by atoms with E-state index in [-0.39, 0.29) is 0 Å². The lowest BCUT2D eigenvalue weighted by Crippen LogP contribution is -2.29. The van der Waals surface area contributed by atoms with Gasteiger partial charge in [0, 0.05) is 17.6 Å². The number of sulfonamides is 1. The maximum atomic E-state index is 11.4. The summed E-state index contributed by atoms with van der Waals surface area (Å²) in [7, 11) is -3.16. The third-order valence-corrected chi connectivity index (χ3v) is 4.44. The second kappa shape index (κ2) is 4.37. The van der Waals surface area contributed by atoms with Gasteiger partial charge in [0.15, 0.2) is 0 Å². The Morgan fingerprint density at radius 3 is 2.64 bits per heavy atom. The van der Waals surface area contributed by atoms with Crippen LogP contribution in [-0.4, -0.2) is 18.7 Å². The van der Waals surface area contributed by atoms with Gasteiger partial charge in [-0.15, -0.1) is 11.3 Å². The van der Waals surface area contributed by atoms with Crippen molar-refractivity contribution in [3.8, 4) is 0 Å². The number of hydrogen-bond donors (Lipinski definition) is 1. The molecule has 6 heteroatoms. The molecule has 1 heterocycles. The summed E-state index contributed by atoms with van der Waals surface area (Å²) in [6.07, 6.45) is 1.70. The van der Waals surface area contributed by atoms with Crippen molar-refractivity contribution in [2.24, 2.45) is 0 Å². The van der Waals surface area contributed by atoms with E-state index in [0.717, 1.165) is 9.88 Å². The highest BCUT2D eigenvalue weighted by Gasteiger charge is 2.15. The van der Waals surface area contributed by atoms with Crippen LogP contribution in [0.2, 0.25) is 0 Å². The number of nitrogens with one attached hydrogen (secondary N) is 1. The minimum absolute atomic E-state index is 0.339. The van der Waals surface area contributed by atoms with Crippen LogP contribution < -0.4 is 4.72 Å². The summed E-state index contributed by atoms with van der Waals surface area (Å²) in [5, 5.41) is 0.556. The third-order valence-electron chi connectivity index (χ3n) is 1.74. The SMILES string of the molecule is Cc1ncc(CNS(=O)(=O)C(C)C)s1. The Morgan fingerprint density at radius 1 is 1.57 bits per heavy atom. The highest BCUT2D eigenvalue weighted by molar-refractivity contribution is 7.90. The van der Waals surface area contributed by atoms with Gasteiger partial charge in [0.05, 0.1) is 10.3 Å². The van der Waals surface area contributed by atoms with Crippen molar-refractivity contribution in [3.63, 3.8) is 0 Å². The van der Waals surface area contributed by atoms with Gasteiger partial charge in [0.25, 0.3) is 0 Å². The molecule has 0 aliphatic heterocycles. The Hall–Kier alpha value is -0.460. The predicted molar refractivity (Wildman–Crippen MR) is 57.7 cm³/mol. The lowest BCUT2D eigenvalue weighted by atomic mass is 10.6. The van der Waals surface area contributed by atoms with Crippen LogP contribution in [0.5, 0.6) is 0 Å². The van der Waals surface area contributed by atoms with Crippen LogP contribution in [0, 0.1) is 6.92 Å². The summed E-state index contributed by atoms with van der Waals surface area (Å²) in [5.41, 5.74) is 0. The van der Waals surface area contributed by atoms with Crippen LogP contribution in [0.25, 0.3) is 0 Å². The molecule has 1 aromatic rings. The molecule has 0 saturated carbocycles. The second-order valence-electron chi connectivity index (χ2n) is 3.26. The zero-order chi connectivity index (χ0) is 10.8. The minimum atomic E-state index is -3.16. The molecule has 14 heavy (non-hydrogen) atoms. The maximum absolute atomic E-state index is 11.4. The first-order valence-electron chi connectivity index (χ1n) is 4.31. The smallest absolute Gasteiger partial charge is 0.214 e. The molecule has 0 radical (unpaired) electrons. The van der Waals surface area contributed by atoms with E-state index in [9.17, 15) is 8.42 Å². The van der Waals surface area contributed by atoms with Gasteiger partial charge < -0.3 is 0 Å². The molecule has 0 bridgehead atoms. The summed E-state index contributed by atoms with van der Waals surface area (Å²) < 4.78 is 25.3. The number of rotatable bonds is 4. The fourth-order valence-corrected chi connectivity index (χ4v) is 2.34. The van der Waals surface area contributed by atoms with Gasteiger partial charge in [-0.1, -0.05) is 0 Å². The number of nitrogens with zero attached hydrogens (tertiary/aromatic N) is 1. The molecule has 0 aliphatic rings. The number of thiazole rings is 1. The van der Waals surface area contributed by atoms with Crippen LogP contribution in [0.3, 0.4) is 0 Å². The largest absolute Gasteiger partial charge is 0.250 e. The number of hydrogen-bond acceptors (Lipinski definition) is 4. The first-order valence-corrected chi connectivity index (χ1v) is 6.68. The van der Waals surface area contributed by atoms with E-state index >= 15 is 0 Å². The van der Waals surface area contributed by atoms with E-state index in [1.54, 1.807) is 20.0 Å². The van der Waals surface area contributed by atoms with E-state index in [1.165, 1.54) is 11.3 Å². The summed E-state index contributed by atoms with van der Waals surface area (Å²) in [4.78, 5) is 4.98. The minimum Gasteiger partial charge on any atom is -0.250 e. The van der Waals surface area contributed by atoms with E-state index in [2.05, 4.69) is 9.71 Å². The molecule has 1 aromatic heterocycles. The highest BCUT2D eigenvalue weighted by Crippen LogP contribution is 2.11. The zero-order valence-electron chi connectivity index (χ0n) is 8.44. The lowest BCUT2D eigenvalue weighted by Gasteiger charge is -2.07. The van der Waals surface area contributed by atoms with Crippen molar-refractivity contribution in [3.05, 3.63) is 16.1 Å². The van der Waals surface area contributed by atoms with Crippen molar-refractivity contribution >= 4 is 21.4 Å². The molecule has 1 N–H and O–H groups in total. The number of aromatic nitrogens is 1. The molecule has 1 rings (SSSR count). The molecule has 0 unspecified atom stereocenters. The first-order chi connectivity index (χ1) is 6.42. The Balaban J connectivity index is 2.57. The molecule has 0 saturated heterocycles. The molecule has 0 aliphatic carbocycles. The monoisotopic (exact) mass is 234 g/mol. The third kappa shape index (κ3) is 3.04. The fraction of sp³-hybridized carbons (Fsp3) is 0.625. The molecule has 0 amide bonds. The molecular formula is C8H14N2O2S2. The topological polar surface area (TPSA) is 59.1 Å². The van der Waals surface area contributed by atoms with Crippen molar-refractivity contribution in [1.82, 2.24) is 9.71 Å². The molecule has 4 nitrogen and oxygen atoms in total. The fourth-order valence-electron chi connectivity index (χ4n) is 0.825. The predicted octanol–water partition coefficient (Wildman–Crippen LogP) is 1.28. The normalized spacial score (nSPS) is 12.3. The number of aryl methyl sites for hydroxylation is 1. The molecule has 0 aromatic carbocycles. The Bertz CT molecular complexity index is 395. The quantitative estimate of drug-likeness (QED) is 0.853. The summed E-state index contributed by atoms with van der Waals surface area (Å²) in [5.74, 6) is 0. The maximum Gasteiger partial charge on any atom is 0.214 e. The second-order valence-corrected chi connectivity index (χ2v) is 6.90. The van der Waals surface area contributed by atoms with Gasteiger partial charge in [-0.3, -0.25) is 0 Å². The van der Waals surface area contributed by atoms with Gasteiger partial charge in [0.1, 0.15) is 0 Å². The molecule has 0 spiro atoms. The Kier molecular flexibility index (Phi) is 3.63. The van der Waals surface area contributed by atoms with E-state index in [1.807, 2.05) is 6.92 Å². The summed E-state index contributed by atoms with van der Waals surface area (Å²) >= 11 is 1.50. The molecular weight excluding hydrogens is 220 g/mol. The van der Waals surface area contributed by atoms with Crippen molar-refractivity contribution in [1.29, 1.82) is 0 Å². The summed E-state index contributed by atoms with van der Waals surface area (Å²) in [6, 6.07) is 0. The zero-order valence-corrected chi connectivity index (χ0v) is 10.1. The molecule has 0 fully saturated rings. The van der Waals surface area contributed by atoms with Gasteiger partial charge >= 0.3 is 0 Å². The van der Waals surface area contributed by atoms with Gasteiger partial charge in [-0.05, 0) is 20.8 Å². The molecule has 80 valence electrons. The van der Waals surface area contributed by atoms with Crippen molar-refractivity contribution < 1.29 is 8.42 Å². The van der Waals surface area contributed by atoms with E-state index < -0.39 is 15.3 Å². The summed E-state index contributed by atoms with van der Waals surface area (Å²) in [6.45, 7) is 5.54. The van der Waals surface area contributed by atoms with E-state index in [0.29, 0.717) is 6.54 Å². The molecule has 0 atom stereocenters. The van der Waals surface area contributed by atoms with Gasteiger partial charge in [0.2, 0.25) is 10.0 Å². The highest BCUT2D eigenvalue weighted by atomic mass is 32.2. The average molecular weight is 234 g/mol. The van der Waals surface area contributed by atoms with Gasteiger partial charge in [-0.2, -0.15) is 0 Å². The van der Waals surface area contributed by atoms with Crippen LogP contribution in [-0.2, 0) is 16.6 Å². The van der Waals surface area contributed by atoms with Crippen LogP contribution >= 0.6 is 11.3 Å². The van der Waals surface area contributed by atoms with Crippen molar-refractivity contribution in [2.75, 3.05) is 0 Å². The average Bonchev–Trinajstić information content (AvgIpc) is 2.48.